The Morgan fingerprint density at radius 1 is 1.14 bits per heavy atom. The lowest BCUT2D eigenvalue weighted by Gasteiger charge is -2.16. The predicted molar refractivity (Wildman–Crippen MR) is 83.6 cm³/mol. The fourth-order valence-electron chi connectivity index (χ4n) is 2.87. The lowest BCUT2D eigenvalue weighted by molar-refractivity contribution is 0.471. The maximum Gasteiger partial charge on any atom is 0.254 e. The molecule has 0 fully saturated rings. The smallest absolute Gasteiger partial charge is 0.254 e. The highest BCUT2D eigenvalue weighted by Crippen LogP contribution is 2.33. The Hall–Kier alpha value is -2.62. The van der Waals surface area contributed by atoms with E-state index in [0.717, 1.165) is 22.0 Å². The molecular formula is C17H16N2O2. The van der Waals surface area contributed by atoms with E-state index in [-0.39, 0.29) is 11.3 Å². The van der Waals surface area contributed by atoms with E-state index in [0.29, 0.717) is 11.1 Å². The highest BCUT2D eigenvalue weighted by Gasteiger charge is 2.16. The van der Waals surface area contributed by atoms with Crippen LogP contribution in [0.15, 0.2) is 41.5 Å². The summed E-state index contributed by atoms with van der Waals surface area (Å²) in [7, 11) is 1.73. The first kappa shape index (κ1) is 13.4. The summed E-state index contributed by atoms with van der Waals surface area (Å²) in [6, 6.07) is 7.32. The van der Waals surface area contributed by atoms with E-state index >= 15 is 0 Å². The molecule has 0 unspecified atom stereocenters. The number of phenols is 1. The van der Waals surface area contributed by atoms with Crippen LogP contribution in [0.25, 0.3) is 22.0 Å². The zero-order valence-corrected chi connectivity index (χ0v) is 12.2. The van der Waals surface area contributed by atoms with Crippen molar-refractivity contribution in [3.8, 4) is 16.9 Å². The average molecular weight is 280 g/mol. The third kappa shape index (κ3) is 1.91. The van der Waals surface area contributed by atoms with E-state index in [1.165, 1.54) is 0 Å². The molecule has 4 nitrogen and oxygen atoms in total. The van der Waals surface area contributed by atoms with Gasteiger partial charge < -0.3 is 9.67 Å². The number of aromatic hydroxyl groups is 1. The Kier molecular flexibility index (Phi) is 3.01. The minimum absolute atomic E-state index is 0.0601. The van der Waals surface area contributed by atoms with Crippen molar-refractivity contribution in [2.24, 2.45) is 7.05 Å². The summed E-state index contributed by atoms with van der Waals surface area (Å²) in [6.45, 7) is 3.64. The molecule has 0 bridgehead atoms. The molecule has 0 aliphatic heterocycles. The second-order valence-electron chi connectivity index (χ2n) is 5.21. The number of benzene rings is 1. The van der Waals surface area contributed by atoms with Crippen LogP contribution in [-0.4, -0.2) is 14.7 Å². The molecule has 0 aliphatic carbocycles. The van der Waals surface area contributed by atoms with Gasteiger partial charge in [0.25, 0.3) is 5.56 Å². The maximum atomic E-state index is 12.5. The fraction of sp³-hybridized carbons (Fsp3) is 0.176. The molecule has 1 aromatic carbocycles. The number of rotatable bonds is 1. The first-order valence-corrected chi connectivity index (χ1v) is 6.74. The fourth-order valence-corrected chi connectivity index (χ4v) is 2.87. The van der Waals surface area contributed by atoms with Crippen LogP contribution in [0.3, 0.4) is 0 Å². The summed E-state index contributed by atoms with van der Waals surface area (Å²) in [4.78, 5) is 16.6. The molecule has 1 N–H and O–H groups in total. The van der Waals surface area contributed by atoms with Gasteiger partial charge in [-0.25, -0.2) is 0 Å². The van der Waals surface area contributed by atoms with Crippen molar-refractivity contribution in [1.29, 1.82) is 0 Å². The summed E-state index contributed by atoms with van der Waals surface area (Å²) < 4.78 is 1.60. The third-order valence-corrected chi connectivity index (χ3v) is 3.96. The van der Waals surface area contributed by atoms with Crippen LogP contribution in [0.4, 0.5) is 0 Å². The summed E-state index contributed by atoms with van der Waals surface area (Å²) in [5.41, 5.74) is 3.87. The molecule has 0 aliphatic rings. The van der Waals surface area contributed by atoms with Crippen molar-refractivity contribution >= 4 is 10.9 Å². The van der Waals surface area contributed by atoms with Gasteiger partial charge in [0.2, 0.25) is 0 Å². The van der Waals surface area contributed by atoms with Crippen molar-refractivity contribution in [2.75, 3.05) is 0 Å². The van der Waals surface area contributed by atoms with Crippen molar-refractivity contribution in [2.45, 2.75) is 13.8 Å². The van der Waals surface area contributed by atoms with Gasteiger partial charge in [-0.15, -0.1) is 0 Å². The molecule has 2 heterocycles. The van der Waals surface area contributed by atoms with E-state index in [1.54, 1.807) is 30.1 Å². The molecule has 106 valence electrons. The normalized spacial score (nSPS) is 11.0. The van der Waals surface area contributed by atoms with E-state index in [9.17, 15) is 9.90 Å². The minimum atomic E-state index is -0.0601. The first-order chi connectivity index (χ1) is 10.0. The van der Waals surface area contributed by atoms with Crippen LogP contribution in [-0.2, 0) is 7.05 Å². The second kappa shape index (κ2) is 4.74. The zero-order valence-electron chi connectivity index (χ0n) is 12.2. The van der Waals surface area contributed by atoms with Gasteiger partial charge in [0.1, 0.15) is 5.75 Å². The largest absolute Gasteiger partial charge is 0.508 e. The van der Waals surface area contributed by atoms with Gasteiger partial charge >= 0.3 is 0 Å². The van der Waals surface area contributed by atoms with E-state index in [1.807, 2.05) is 32.0 Å². The highest BCUT2D eigenvalue weighted by molar-refractivity contribution is 5.98. The molecule has 0 saturated heterocycles. The molecule has 3 rings (SSSR count). The number of aryl methyl sites for hydroxylation is 2. The van der Waals surface area contributed by atoms with Crippen LogP contribution in [0.2, 0.25) is 0 Å². The molecule has 21 heavy (non-hydrogen) atoms. The van der Waals surface area contributed by atoms with Crippen molar-refractivity contribution in [3.05, 3.63) is 58.1 Å². The topological polar surface area (TPSA) is 55.1 Å². The number of hydrogen-bond donors (Lipinski definition) is 1. The number of fused-ring (bicyclic) bond motifs is 1. The monoisotopic (exact) mass is 280 g/mol. The van der Waals surface area contributed by atoms with Crippen molar-refractivity contribution in [1.82, 2.24) is 9.55 Å². The number of nitrogens with zero attached hydrogens (tertiary/aromatic N) is 2. The van der Waals surface area contributed by atoms with Crippen LogP contribution in [0.1, 0.15) is 11.1 Å². The van der Waals surface area contributed by atoms with E-state index in [4.69, 9.17) is 0 Å². The van der Waals surface area contributed by atoms with Crippen LogP contribution < -0.4 is 5.56 Å². The van der Waals surface area contributed by atoms with E-state index < -0.39 is 0 Å². The van der Waals surface area contributed by atoms with Gasteiger partial charge in [0, 0.05) is 47.1 Å². The quantitative estimate of drug-likeness (QED) is 0.745. The Bertz CT molecular complexity index is 896. The molecule has 0 spiro atoms. The SMILES string of the molecule is Cc1c(-c2cccnc2)c2ccc(O)c(C)c2n(C)c1=O. The molecule has 0 saturated carbocycles. The lowest BCUT2D eigenvalue weighted by atomic mass is 9.96. The van der Waals surface area contributed by atoms with Gasteiger partial charge in [-0.1, -0.05) is 6.07 Å². The molecule has 4 heteroatoms. The van der Waals surface area contributed by atoms with Crippen molar-refractivity contribution < 1.29 is 5.11 Å². The summed E-state index contributed by atoms with van der Waals surface area (Å²) in [5.74, 6) is 0.193. The van der Waals surface area contributed by atoms with Crippen LogP contribution in [0.5, 0.6) is 5.75 Å². The predicted octanol–water partition coefficient (Wildman–Crippen LogP) is 2.92. The van der Waals surface area contributed by atoms with E-state index in [2.05, 4.69) is 4.98 Å². The molecule has 0 atom stereocenters. The van der Waals surface area contributed by atoms with Crippen molar-refractivity contribution in [3.63, 3.8) is 0 Å². The molecular weight excluding hydrogens is 264 g/mol. The Balaban J connectivity index is 2.57. The maximum absolute atomic E-state index is 12.5. The lowest BCUT2D eigenvalue weighted by Crippen LogP contribution is -2.21. The van der Waals surface area contributed by atoms with Gasteiger partial charge in [-0.3, -0.25) is 9.78 Å². The highest BCUT2D eigenvalue weighted by atomic mass is 16.3. The molecule has 0 amide bonds. The van der Waals surface area contributed by atoms with Gasteiger partial charge in [-0.05, 0) is 32.0 Å². The average Bonchev–Trinajstić information content (AvgIpc) is 2.50. The number of aromatic nitrogens is 2. The number of pyridine rings is 2. The zero-order chi connectivity index (χ0) is 15.1. The molecule has 2 aromatic heterocycles. The number of phenolic OH excluding ortho intramolecular Hbond substituents is 1. The molecule has 3 aromatic rings. The minimum Gasteiger partial charge on any atom is -0.508 e. The summed E-state index contributed by atoms with van der Waals surface area (Å²) in [5, 5.41) is 10.9. The number of hydrogen-bond acceptors (Lipinski definition) is 3. The Labute approximate surface area is 122 Å². The van der Waals surface area contributed by atoms with Gasteiger partial charge in [-0.2, -0.15) is 0 Å². The van der Waals surface area contributed by atoms with Crippen LogP contribution in [0, 0.1) is 13.8 Å². The van der Waals surface area contributed by atoms with Gasteiger partial charge in [0.05, 0.1) is 5.52 Å². The van der Waals surface area contributed by atoms with Gasteiger partial charge in [0.15, 0.2) is 0 Å². The van der Waals surface area contributed by atoms with Crippen LogP contribution >= 0.6 is 0 Å². The Morgan fingerprint density at radius 2 is 1.90 bits per heavy atom. The second-order valence-corrected chi connectivity index (χ2v) is 5.21. The molecule has 0 radical (unpaired) electrons. The summed E-state index contributed by atoms with van der Waals surface area (Å²) >= 11 is 0. The Morgan fingerprint density at radius 3 is 2.57 bits per heavy atom. The summed E-state index contributed by atoms with van der Waals surface area (Å²) in [6.07, 6.45) is 3.46. The standard InChI is InChI=1S/C17H16N2O2/c1-10-14(20)7-6-13-15(12-5-4-8-18-9-12)11(2)17(21)19(3)16(10)13/h4-9,20H,1-3H3. The first-order valence-electron chi connectivity index (χ1n) is 6.74. The third-order valence-electron chi connectivity index (χ3n) is 3.96.